The van der Waals surface area contributed by atoms with E-state index in [-0.39, 0.29) is 5.75 Å². The average molecular weight is 272 g/mol. The van der Waals surface area contributed by atoms with Gasteiger partial charge in [-0.15, -0.1) is 0 Å². The molecule has 2 aromatic rings. The minimum atomic E-state index is 0.0289. The molecule has 0 saturated heterocycles. The van der Waals surface area contributed by atoms with E-state index in [1.165, 1.54) is 30.9 Å². The fourth-order valence-electron chi connectivity index (χ4n) is 2.67. The highest BCUT2D eigenvalue weighted by Crippen LogP contribution is 2.41. The van der Waals surface area contributed by atoms with Gasteiger partial charge in [-0.2, -0.15) is 0 Å². The van der Waals surface area contributed by atoms with Gasteiger partial charge in [-0.25, -0.2) is 0 Å². The van der Waals surface area contributed by atoms with E-state index in [1.807, 2.05) is 12.1 Å². The second-order valence-electron chi connectivity index (χ2n) is 5.00. The number of benzene rings is 2. The van der Waals surface area contributed by atoms with E-state index in [1.54, 1.807) is 0 Å². The van der Waals surface area contributed by atoms with E-state index in [0.717, 1.165) is 11.1 Å². The number of methoxy groups -OCH3 is 2. The monoisotopic (exact) mass is 272 g/mol. The lowest BCUT2D eigenvalue weighted by molar-refractivity contribution is 0.340. The number of ether oxygens (including phenoxy) is 2. The van der Waals surface area contributed by atoms with Crippen LogP contribution in [0.2, 0.25) is 0 Å². The van der Waals surface area contributed by atoms with Crippen LogP contribution in [0, 0.1) is 20.8 Å². The third-order valence-electron chi connectivity index (χ3n) is 3.45. The van der Waals surface area contributed by atoms with Gasteiger partial charge >= 0.3 is 0 Å². The quantitative estimate of drug-likeness (QED) is 0.917. The lowest BCUT2D eigenvalue weighted by atomic mass is 9.93. The lowest BCUT2D eigenvalue weighted by Crippen LogP contribution is -1.94. The minimum Gasteiger partial charge on any atom is -0.502 e. The smallest absolute Gasteiger partial charge is 0.200 e. The molecule has 3 heteroatoms. The Morgan fingerprint density at radius 2 is 1.25 bits per heavy atom. The Bertz CT molecular complexity index is 597. The minimum absolute atomic E-state index is 0.0289. The number of phenolic OH excluding ortho intramolecular Hbond substituents is 1. The number of hydrogen-bond donors (Lipinski definition) is 1. The Kier molecular flexibility index (Phi) is 3.89. The van der Waals surface area contributed by atoms with Crippen LogP contribution in [0.15, 0.2) is 24.3 Å². The molecule has 2 aromatic carbocycles. The van der Waals surface area contributed by atoms with E-state index in [9.17, 15) is 5.11 Å². The Labute approximate surface area is 119 Å². The molecule has 20 heavy (non-hydrogen) atoms. The van der Waals surface area contributed by atoms with Crippen molar-refractivity contribution in [2.75, 3.05) is 14.2 Å². The highest BCUT2D eigenvalue weighted by molar-refractivity contribution is 5.76. The van der Waals surface area contributed by atoms with Crippen LogP contribution in [0.1, 0.15) is 16.7 Å². The maximum absolute atomic E-state index is 9.99. The molecule has 0 atom stereocenters. The van der Waals surface area contributed by atoms with Crippen molar-refractivity contribution in [3.05, 3.63) is 41.0 Å². The molecule has 0 heterocycles. The molecule has 1 N–H and O–H groups in total. The van der Waals surface area contributed by atoms with Crippen LogP contribution in [0.5, 0.6) is 17.2 Å². The Morgan fingerprint density at radius 1 is 0.800 bits per heavy atom. The average Bonchev–Trinajstić information content (AvgIpc) is 2.39. The zero-order chi connectivity index (χ0) is 14.9. The molecule has 0 aliphatic rings. The number of aromatic hydroxyl groups is 1. The van der Waals surface area contributed by atoms with Crippen molar-refractivity contribution in [2.24, 2.45) is 0 Å². The first-order valence-electron chi connectivity index (χ1n) is 6.51. The van der Waals surface area contributed by atoms with Crippen LogP contribution < -0.4 is 9.47 Å². The maximum Gasteiger partial charge on any atom is 0.200 e. The molecular weight excluding hydrogens is 252 g/mol. The van der Waals surface area contributed by atoms with Gasteiger partial charge in [-0.05, 0) is 55.2 Å². The molecule has 0 fully saturated rings. The van der Waals surface area contributed by atoms with Gasteiger partial charge in [0.1, 0.15) is 0 Å². The third-order valence-corrected chi connectivity index (χ3v) is 3.45. The topological polar surface area (TPSA) is 38.7 Å². The second-order valence-corrected chi connectivity index (χ2v) is 5.00. The van der Waals surface area contributed by atoms with Gasteiger partial charge in [0.2, 0.25) is 5.75 Å². The molecule has 0 aliphatic carbocycles. The summed E-state index contributed by atoms with van der Waals surface area (Å²) >= 11 is 0. The second kappa shape index (κ2) is 5.45. The third kappa shape index (κ3) is 2.44. The number of phenols is 1. The molecule has 0 aliphatic heterocycles. The van der Waals surface area contributed by atoms with E-state index in [4.69, 9.17) is 9.47 Å². The summed E-state index contributed by atoms with van der Waals surface area (Å²) in [6.45, 7) is 6.25. The molecule has 0 bridgehead atoms. The Balaban J connectivity index is 2.70. The van der Waals surface area contributed by atoms with Crippen LogP contribution in [-0.4, -0.2) is 19.3 Å². The summed E-state index contributed by atoms with van der Waals surface area (Å²) in [4.78, 5) is 0. The van der Waals surface area contributed by atoms with Gasteiger partial charge in [0.15, 0.2) is 11.5 Å². The van der Waals surface area contributed by atoms with Crippen molar-refractivity contribution in [2.45, 2.75) is 20.8 Å². The summed E-state index contributed by atoms with van der Waals surface area (Å²) in [5.74, 6) is 0.860. The van der Waals surface area contributed by atoms with Crippen molar-refractivity contribution < 1.29 is 14.6 Å². The summed E-state index contributed by atoms with van der Waals surface area (Å²) in [7, 11) is 3.07. The molecule has 0 saturated carbocycles. The van der Waals surface area contributed by atoms with E-state index in [0.29, 0.717) is 11.5 Å². The standard InChI is InChI=1S/C17H20O3/c1-10-6-11(2)16(12(3)7-10)13-8-14(19-4)17(18)15(9-13)20-5/h6-9,18H,1-5H3. The molecule has 0 amide bonds. The largest absolute Gasteiger partial charge is 0.502 e. The van der Waals surface area contributed by atoms with Crippen molar-refractivity contribution in [3.8, 4) is 28.4 Å². The Morgan fingerprint density at radius 3 is 1.65 bits per heavy atom. The van der Waals surface area contributed by atoms with Crippen LogP contribution in [-0.2, 0) is 0 Å². The van der Waals surface area contributed by atoms with Crippen molar-refractivity contribution >= 4 is 0 Å². The molecule has 0 radical (unpaired) electrons. The predicted octanol–water partition coefficient (Wildman–Crippen LogP) is 4.00. The fourth-order valence-corrected chi connectivity index (χ4v) is 2.67. The van der Waals surface area contributed by atoms with E-state index >= 15 is 0 Å². The van der Waals surface area contributed by atoms with Crippen molar-refractivity contribution in [1.82, 2.24) is 0 Å². The van der Waals surface area contributed by atoms with Crippen molar-refractivity contribution in [1.29, 1.82) is 0 Å². The van der Waals surface area contributed by atoms with Gasteiger partial charge in [0.05, 0.1) is 14.2 Å². The maximum atomic E-state index is 9.99. The number of rotatable bonds is 3. The van der Waals surface area contributed by atoms with Gasteiger partial charge in [-0.3, -0.25) is 0 Å². The molecule has 2 rings (SSSR count). The van der Waals surface area contributed by atoms with E-state index < -0.39 is 0 Å². The highest BCUT2D eigenvalue weighted by Gasteiger charge is 2.14. The molecule has 0 spiro atoms. The van der Waals surface area contributed by atoms with Crippen LogP contribution in [0.25, 0.3) is 11.1 Å². The predicted molar refractivity (Wildman–Crippen MR) is 80.9 cm³/mol. The molecule has 0 unspecified atom stereocenters. The van der Waals surface area contributed by atoms with Crippen molar-refractivity contribution in [3.63, 3.8) is 0 Å². The molecule has 3 nitrogen and oxygen atoms in total. The first kappa shape index (κ1) is 14.3. The zero-order valence-electron chi connectivity index (χ0n) is 12.6. The van der Waals surface area contributed by atoms with Gasteiger partial charge < -0.3 is 14.6 Å². The van der Waals surface area contributed by atoms with Gasteiger partial charge in [0.25, 0.3) is 0 Å². The van der Waals surface area contributed by atoms with E-state index in [2.05, 4.69) is 32.9 Å². The fraction of sp³-hybridized carbons (Fsp3) is 0.294. The van der Waals surface area contributed by atoms with Crippen LogP contribution in [0.4, 0.5) is 0 Å². The number of aryl methyl sites for hydroxylation is 3. The summed E-state index contributed by atoms with van der Waals surface area (Å²) in [6, 6.07) is 7.97. The summed E-state index contributed by atoms with van der Waals surface area (Å²) in [5.41, 5.74) is 5.75. The van der Waals surface area contributed by atoms with Gasteiger partial charge in [0, 0.05) is 0 Å². The summed E-state index contributed by atoms with van der Waals surface area (Å²) < 4.78 is 10.4. The molecular formula is C17H20O3. The SMILES string of the molecule is COc1cc(-c2c(C)cc(C)cc2C)cc(OC)c1O. The molecule has 106 valence electrons. The van der Waals surface area contributed by atoms with Gasteiger partial charge in [-0.1, -0.05) is 17.7 Å². The Hall–Kier alpha value is -2.16. The summed E-state index contributed by atoms with van der Waals surface area (Å²) in [6.07, 6.45) is 0. The zero-order valence-corrected chi connectivity index (χ0v) is 12.6. The lowest BCUT2D eigenvalue weighted by Gasteiger charge is -2.15. The number of hydrogen-bond acceptors (Lipinski definition) is 3. The highest BCUT2D eigenvalue weighted by atomic mass is 16.5. The normalized spacial score (nSPS) is 10.4. The summed E-state index contributed by atoms with van der Waals surface area (Å²) in [5, 5.41) is 9.99. The molecule has 0 aromatic heterocycles. The van der Waals surface area contributed by atoms with Crippen LogP contribution >= 0.6 is 0 Å². The van der Waals surface area contributed by atoms with Crippen LogP contribution in [0.3, 0.4) is 0 Å². The first-order chi connectivity index (χ1) is 9.47. The first-order valence-corrected chi connectivity index (χ1v) is 6.51.